The SMILES string of the molecule is COc1cc(Cl)c(C2(CC(=O)O)CC2)c(C(C)C)c1OC. The zero-order valence-corrected chi connectivity index (χ0v) is 13.6. The number of hydrogen-bond acceptors (Lipinski definition) is 3. The first-order valence-corrected chi connectivity index (χ1v) is 7.40. The summed E-state index contributed by atoms with van der Waals surface area (Å²) in [7, 11) is 3.17. The second-order valence-electron chi connectivity index (χ2n) is 5.89. The lowest BCUT2D eigenvalue weighted by Crippen LogP contribution is -2.17. The fourth-order valence-corrected chi connectivity index (χ4v) is 3.44. The Morgan fingerprint density at radius 2 is 2.00 bits per heavy atom. The molecule has 1 aliphatic carbocycles. The number of aliphatic carboxylic acids is 1. The maximum absolute atomic E-state index is 11.2. The molecular weight excluding hydrogens is 292 g/mol. The minimum Gasteiger partial charge on any atom is -0.493 e. The number of methoxy groups -OCH3 is 2. The van der Waals surface area contributed by atoms with Crippen molar-refractivity contribution in [3.63, 3.8) is 0 Å². The van der Waals surface area contributed by atoms with Gasteiger partial charge in [0.2, 0.25) is 0 Å². The van der Waals surface area contributed by atoms with E-state index in [1.54, 1.807) is 20.3 Å². The first-order chi connectivity index (χ1) is 9.86. The van der Waals surface area contributed by atoms with Gasteiger partial charge in [-0.25, -0.2) is 0 Å². The lowest BCUT2D eigenvalue weighted by Gasteiger charge is -2.25. The van der Waals surface area contributed by atoms with Crippen LogP contribution in [0.4, 0.5) is 0 Å². The molecule has 0 amide bonds. The number of carboxylic acids is 1. The van der Waals surface area contributed by atoms with Crippen LogP contribution in [0.2, 0.25) is 5.02 Å². The fourth-order valence-electron chi connectivity index (χ4n) is 3.04. The van der Waals surface area contributed by atoms with Crippen molar-refractivity contribution in [2.45, 2.75) is 44.4 Å². The molecule has 1 aromatic carbocycles. The molecule has 0 bridgehead atoms. The van der Waals surface area contributed by atoms with Gasteiger partial charge in [-0.15, -0.1) is 0 Å². The Labute approximate surface area is 130 Å². The van der Waals surface area contributed by atoms with Crippen LogP contribution in [-0.4, -0.2) is 25.3 Å². The minimum atomic E-state index is -0.798. The van der Waals surface area contributed by atoms with Crippen molar-refractivity contribution in [1.82, 2.24) is 0 Å². The van der Waals surface area contributed by atoms with Gasteiger partial charge in [-0.05, 0) is 24.3 Å². The highest BCUT2D eigenvalue weighted by molar-refractivity contribution is 6.32. The van der Waals surface area contributed by atoms with Gasteiger partial charge >= 0.3 is 5.97 Å². The second-order valence-corrected chi connectivity index (χ2v) is 6.30. The van der Waals surface area contributed by atoms with Crippen molar-refractivity contribution in [2.24, 2.45) is 0 Å². The molecule has 0 saturated heterocycles. The van der Waals surface area contributed by atoms with E-state index in [1.807, 2.05) is 13.8 Å². The molecule has 1 saturated carbocycles. The Kier molecular flexibility index (Phi) is 4.38. The third-order valence-electron chi connectivity index (χ3n) is 4.11. The van der Waals surface area contributed by atoms with Gasteiger partial charge in [0.1, 0.15) is 0 Å². The van der Waals surface area contributed by atoms with Gasteiger partial charge in [-0.2, -0.15) is 0 Å². The molecule has 0 atom stereocenters. The number of rotatable bonds is 6. The number of hydrogen-bond donors (Lipinski definition) is 1. The summed E-state index contributed by atoms with van der Waals surface area (Å²) in [5.74, 6) is 0.603. The number of carboxylic acid groups (broad SMARTS) is 1. The van der Waals surface area contributed by atoms with Crippen molar-refractivity contribution in [2.75, 3.05) is 14.2 Å². The molecule has 0 aliphatic heterocycles. The molecule has 4 nitrogen and oxygen atoms in total. The molecule has 0 radical (unpaired) electrons. The highest BCUT2D eigenvalue weighted by atomic mass is 35.5. The molecule has 1 aromatic rings. The average molecular weight is 313 g/mol. The molecular formula is C16H21ClO4. The molecule has 1 aliphatic rings. The molecule has 0 unspecified atom stereocenters. The van der Waals surface area contributed by atoms with Gasteiger partial charge in [-0.3, -0.25) is 4.79 Å². The van der Waals surface area contributed by atoms with Gasteiger partial charge in [0.25, 0.3) is 0 Å². The summed E-state index contributed by atoms with van der Waals surface area (Å²) in [5.41, 5.74) is 1.52. The van der Waals surface area contributed by atoms with E-state index in [2.05, 4.69) is 0 Å². The van der Waals surface area contributed by atoms with Gasteiger partial charge in [0, 0.05) is 22.1 Å². The third kappa shape index (κ3) is 2.82. The molecule has 0 aromatic heterocycles. The van der Waals surface area contributed by atoms with E-state index in [0.29, 0.717) is 16.5 Å². The summed E-state index contributed by atoms with van der Waals surface area (Å²) < 4.78 is 10.9. The molecule has 0 heterocycles. The Bertz CT molecular complexity index is 562. The summed E-state index contributed by atoms with van der Waals surface area (Å²) in [4.78, 5) is 11.2. The van der Waals surface area contributed by atoms with E-state index in [0.717, 1.165) is 24.0 Å². The highest BCUT2D eigenvalue weighted by Crippen LogP contribution is 2.58. The maximum atomic E-state index is 11.2. The van der Waals surface area contributed by atoms with Crippen LogP contribution in [0.25, 0.3) is 0 Å². The maximum Gasteiger partial charge on any atom is 0.304 e. The van der Waals surface area contributed by atoms with Crippen LogP contribution in [0.5, 0.6) is 11.5 Å². The Morgan fingerprint density at radius 3 is 2.38 bits per heavy atom. The van der Waals surface area contributed by atoms with Crippen molar-refractivity contribution < 1.29 is 19.4 Å². The van der Waals surface area contributed by atoms with Crippen LogP contribution in [0.1, 0.15) is 50.2 Å². The van der Waals surface area contributed by atoms with E-state index >= 15 is 0 Å². The van der Waals surface area contributed by atoms with Gasteiger partial charge < -0.3 is 14.6 Å². The molecule has 1 N–H and O–H groups in total. The minimum absolute atomic E-state index is 0.0991. The Balaban J connectivity index is 2.68. The molecule has 2 rings (SSSR count). The standard InChI is InChI=1S/C16H21ClO4/c1-9(2)13-14(16(5-6-16)8-12(18)19)10(17)7-11(20-3)15(13)21-4/h7,9H,5-6,8H2,1-4H3,(H,18,19). The first kappa shape index (κ1) is 16.0. The van der Waals surface area contributed by atoms with Crippen LogP contribution in [-0.2, 0) is 10.2 Å². The molecule has 21 heavy (non-hydrogen) atoms. The fraction of sp³-hybridized carbons (Fsp3) is 0.562. The van der Waals surface area contributed by atoms with Crippen LogP contribution in [0.15, 0.2) is 6.07 Å². The van der Waals surface area contributed by atoms with Crippen molar-refractivity contribution in [1.29, 1.82) is 0 Å². The van der Waals surface area contributed by atoms with Gasteiger partial charge in [0.15, 0.2) is 11.5 Å². The van der Waals surface area contributed by atoms with Gasteiger partial charge in [-0.1, -0.05) is 25.4 Å². The zero-order chi connectivity index (χ0) is 15.8. The topological polar surface area (TPSA) is 55.8 Å². The Morgan fingerprint density at radius 1 is 1.38 bits per heavy atom. The highest BCUT2D eigenvalue weighted by Gasteiger charge is 2.49. The third-order valence-corrected chi connectivity index (χ3v) is 4.41. The second kappa shape index (κ2) is 5.76. The lowest BCUT2D eigenvalue weighted by molar-refractivity contribution is -0.137. The summed E-state index contributed by atoms with van der Waals surface area (Å²) >= 11 is 6.47. The van der Waals surface area contributed by atoms with Crippen LogP contribution in [0, 0.1) is 0 Å². The van der Waals surface area contributed by atoms with Crippen molar-refractivity contribution in [3.05, 3.63) is 22.2 Å². The summed E-state index contributed by atoms with van der Waals surface area (Å²) in [6.07, 6.45) is 1.78. The van der Waals surface area contributed by atoms with Crippen molar-refractivity contribution in [3.8, 4) is 11.5 Å². The first-order valence-electron chi connectivity index (χ1n) is 7.03. The molecule has 5 heteroatoms. The lowest BCUT2D eigenvalue weighted by atomic mass is 9.83. The monoisotopic (exact) mass is 312 g/mol. The number of halogens is 1. The van der Waals surface area contributed by atoms with Crippen LogP contribution < -0.4 is 9.47 Å². The molecule has 116 valence electrons. The number of benzene rings is 1. The smallest absolute Gasteiger partial charge is 0.304 e. The predicted octanol–water partition coefficient (Wildman–Crippen LogP) is 3.99. The average Bonchev–Trinajstić information content (AvgIpc) is 3.16. The van der Waals surface area contributed by atoms with Gasteiger partial charge in [0.05, 0.1) is 20.6 Å². The van der Waals surface area contributed by atoms with Crippen molar-refractivity contribution >= 4 is 17.6 Å². The zero-order valence-electron chi connectivity index (χ0n) is 12.8. The quantitative estimate of drug-likeness (QED) is 0.863. The van der Waals surface area contributed by atoms with Crippen LogP contribution >= 0.6 is 11.6 Å². The predicted molar refractivity (Wildman–Crippen MR) is 81.8 cm³/mol. The summed E-state index contributed by atoms with van der Waals surface area (Å²) in [6.45, 7) is 4.10. The summed E-state index contributed by atoms with van der Waals surface area (Å²) in [5, 5.41) is 9.76. The van der Waals surface area contributed by atoms with E-state index in [-0.39, 0.29) is 17.8 Å². The summed E-state index contributed by atoms with van der Waals surface area (Å²) in [6, 6.07) is 1.73. The normalized spacial score (nSPS) is 15.9. The van der Waals surface area contributed by atoms with E-state index in [1.165, 1.54) is 0 Å². The van der Waals surface area contributed by atoms with E-state index in [4.69, 9.17) is 21.1 Å². The largest absolute Gasteiger partial charge is 0.493 e. The Hall–Kier alpha value is -1.42. The molecule has 1 fully saturated rings. The number of ether oxygens (including phenoxy) is 2. The van der Waals surface area contributed by atoms with E-state index < -0.39 is 5.97 Å². The van der Waals surface area contributed by atoms with E-state index in [9.17, 15) is 9.90 Å². The number of carbonyl (C=O) groups is 1. The van der Waals surface area contributed by atoms with Crippen LogP contribution in [0.3, 0.4) is 0 Å². The molecule has 0 spiro atoms.